The van der Waals surface area contributed by atoms with Gasteiger partial charge in [-0.25, -0.2) is 0 Å². The molecular weight excluding hydrogens is 300 g/mol. The molecule has 2 aliphatic carbocycles. The summed E-state index contributed by atoms with van der Waals surface area (Å²) >= 11 is 0. The number of anilines is 1. The van der Waals surface area contributed by atoms with Crippen molar-refractivity contribution in [2.75, 3.05) is 25.0 Å². The van der Waals surface area contributed by atoms with Crippen LogP contribution in [0.1, 0.15) is 54.5 Å². The van der Waals surface area contributed by atoms with Crippen molar-refractivity contribution < 1.29 is 0 Å². The number of hydrogen-bond acceptors (Lipinski definition) is 5. The second-order valence-electron chi connectivity index (χ2n) is 7.65. The molecule has 6 heteroatoms. The van der Waals surface area contributed by atoms with Crippen LogP contribution in [-0.2, 0) is 6.54 Å². The molecule has 5 rings (SSSR count). The maximum absolute atomic E-state index is 4.42. The number of aromatic amines is 1. The molecule has 2 aromatic rings. The zero-order valence-electron chi connectivity index (χ0n) is 14.1. The molecule has 0 radical (unpaired) electrons. The van der Waals surface area contributed by atoms with Crippen LogP contribution in [0.3, 0.4) is 0 Å². The first kappa shape index (κ1) is 14.4. The van der Waals surface area contributed by atoms with Gasteiger partial charge in [0, 0.05) is 48.8 Å². The molecular formula is C18H24N6. The van der Waals surface area contributed by atoms with Gasteiger partial charge in [-0.05, 0) is 44.9 Å². The van der Waals surface area contributed by atoms with E-state index in [9.17, 15) is 0 Å². The minimum absolute atomic E-state index is 0.580. The number of aromatic nitrogens is 4. The first-order valence-electron chi connectivity index (χ1n) is 9.09. The lowest BCUT2D eigenvalue weighted by Crippen LogP contribution is -2.58. The lowest BCUT2D eigenvalue weighted by Gasteiger charge is -2.44. The SMILES string of the molecule is CN(Cc1cn[nH]c1C1CC1)C1CN(c2ccc(C3CC3)nn2)C1. The van der Waals surface area contributed by atoms with Gasteiger partial charge in [0.15, 0.2) is 5.82 Å². The van der Waals surface area contributed by atoms with Gasteiger partial charge in [0.05, 0.1) is 11.9 Å². The third-order valence-corrected chi connectivity index (χ3v) is 5.63. The third-order valence-electron chi connectivity index (χ3n) is 5.63. The molecule has 1 N–H and O–H groups in total. The van der Waals surface area contributed by atoms with E-state index in [2.05, 4.69) is 49.4 Å². The van der Waals surface area contributed by atoms with Crippen LogP contribution in [0.25, 0.3) is 0 Å². The van der Waals surface area contributed by atoms with Crippen molar-refractivity contribution >= 4 is 5.82 Å². The van der Waals surface area contributed by atoms with Gasteiger partial charge in [-0.15, -0.1) is 5.10 Å². The summed E-state index contributed by atoms with van der Waals surface area (Å²) in [4.78, 5) is 4.77. The van der Waals surface area contributed by atoms with Gasteiger partial charge < -0.3 is 4.90 Å². The maximum Gasteiger partial charge on any atom is 0.151 e. The molecule has 1 aliphatic heterocycles. The molecule has 0 bridgehead atoms. The van der Waals surface area contributed by atoms with Crippen LogP contribution in [0.2, 0.25) is 0 Å². The number of nitrogens with zero attached hydrogens (tertiary/aromatic N) is 5. The van der Waals surface area contributed by atoms with Crippen molar-refractivity contribution in [1.82, 2.24) is 25.3 Å². The third kappa shape index (κ3) is 2.69. The van der Waals surface area contributed by atoms with E-state index in [0.717, 1.165) is 31.4 Å². The summed E-state index contributed by atoms with van der Waals surface area (Å²) in [6.07, 6.45) is 7.18. The smallest absolute Gasteiger partial charge is 0.151 e. The van der Waals surface area contributed by atoms with Crippen molar-refractivity contribution in [2.24, 2.45) is 0 Å². The topological polar surface area (TPSA) is 60.9 Å². The Hall–Kier alpha value is -1.95. The molecule has 0 amide bonds. The van der Waals surface area contributed by atoms with E-state index in [4.69, 9.17) is 0 Å². The van der Waals surface area contributed by atoms with Gasteiger partial charge in [0.2, 0.25) is 0 Å². The molecule has 3 fully saturated rings. The largest absolute Gasteiger partial charge is 0.352 e. The highest BCUT2D eigenvalue weighted by Gasteiger charge is 2.33. The first-order chi connectivity index (χ1) is 11.8. The minimum Gasteiger partial charge on any atom is -0.352 e. The molecule has 0 aromatic carbocycles. The summed E-state index contributed by atoms with van der Waals surface area (Å²) in [5.74, 6) is 2.43. The van der Waals surface area contributed by atoms with Gasteiger partial charge in [-0.2, -0.15) is 10.2 Å². The second-order valence-corrected chi connectivity index (χ2v) is 7.65. The average Bonchev–Trinajstić information content (AvgIpc) is 3.46. The molecule has 3 heterocycles. The Kier molecular flexibility index (Phi) is 3.33. The highest BCUT2D eigenvalue weighted by molar-refractivity contribution is 5.42. The summed E-state index contributed by atoms with van der Waals surface area (Å²) in [6.45, 7) is 3.04. The molecule has 2 aromatic heterocycles. The quantitative estimate of drug-likeness (QED) is 0.883. The summed E-state index contributed by atoms with van der Waals surface area (Å²) in [6, 6.07) is 4.87. The number of rotatable bonds is 6. The van der Waals surface area contributed by atoms with Gasteiger partial charge >= 0.3 is 0 Å². The van der Waals surface area contributed by atoms with Crippen LogP contribution in [0, 0.1) is 0 Å². The first-order valence-corrected chi connectivity index (χ1v) is 9.09. The Morgan fingerprint density at radius 1 is 1.12 bits per heavy atom. The summed E-state index contributed by atoms with van der Waals surface area (Å²) in [7, 11) is 2.22. The van der Waals surface area contributed by atoms with Crippen LogP contribution >= 0.6 is 0 Å². The number of nitrogens with one attached hydrogen (secondary N) is 1. The summed E-state index contributed by atoms with van der Waals surface area (Å²) < 4.78 is 0. The van der Waals surface area contributed by atoms with E-state index < -0.39 is 0 Å². The fraction of sp³-hybridized carbons (Fsp3) is 0.611. The summed E-state index contributed by atoms with van der Waals surface area (Å²) in [5, 5.41) is 16.3. The van der Waals surface area contributed by atoms with E-state index in [-0.39, 0.29) is 0 Å². The maximum atomic E-state index is 4.42. The van der Waals surface area contributed by atoms with Crippen LogP contribution in [-0.4, -0.2) is 51.5 Å². The Labute approximate surface area is 142 Å². The molecule has 0 atom stereocenters. The molecule has 6 nitrogen and oxygen atoms in total. The van der Waals surface area contributed by atoms with Crippen LogP contribution in [0.5, 0.6) is 0 Å². The van der Waals surface area contributed by atoms with Crippen molar-refractivity contribution in [3.05, 3.63) is 35.3 Å². The van der Waals surface area contributed by atoms with E-state index >= 15 is 0 Å². The number of hydrogen-bond donors (Lipinski definition) is 1. The predicted octanol–water partition coefficient (Wildman–Crippen LogP) is 2.28. The Balaban J connectivity index is 1.17. The van der Waals surface area contributed by atoms with Crippen molar-refractivity contribution in [2.45, 2.75) is 50.1 Å². The van der Waals surface area contributed by atoms with Gasteiger partial charge in [-0.3, -0.25) is 10.00 Å². The van der Waals surface area contributed by atoms with E-state index in [1.165, 1.54) is 42.6 Å². The predicted molar refractivity (Wildman–Crippen MR) is 92.0 cm³/mol. The summed E-state index contributed by atoms with van der Waals surface area (Å²) in [5.41, 5.74) is 3.90. The fourth-order valence-electron chi connectivity index (χ4n) is 3.59. The van der Waals surface area contributed by atoms with Crippen molar-refractivity contribution in [3.8, 4) is 0 Å². The molecule has 0 unspecified atom stereocenters. The minimum atomic E-state index is 0.580. The van der Waals surface area contributed by atoms with Gasteiger partial charge in [0.1, 0.15) is 0 Å². The highest BCUT2D eigenvalue weighted by Crippen LogP contribution is 2.41. The molecule has 3 aliphatic rings. The molecule has 2 saturated carbocycles. The van der Waals surface area contributed by atoms with E-state index in [0.29, 0.717) is 12.0 Å². The van der Waals surface area contributed by atoms with Crippen molar-refractivity contribution in [1.29, 1.82) is 0 Å². The van der Waals surface area contributed by atoms with Crippen LogP contribution in [0.4, 0.5) is 5.82 Å². The zero-order chi connectivity index (χ0) is 16.1. The second kappa shape index (κ2) is 5.55. The van der Waals surface area contributed by atoms with Gasteiger partial charge in [0.25, 0.3) is 0 Å². The normalized spacial score (nSPS) is 21.3. The average molecular weight is 324 g/mol. The van der Waals surface area contributed by atoms with Gasteiger partial charge in [-0.1, -0.05) is 0 Å². The van der Waals surface area contributed by atoms with Crippen LogP contribution in [0.15, 0.2) is 18.3 Å². The van der Waals surface area contributed by atoms with E-state index in [1.54, 1.807) is 0 Å². The lowest BCUT2D eigenvalue weighted by molar-refractivity contribution is 0.196. The zero-order valence-corrected chi connectivity index (χ0v) is 14.1. The molecule has 126 valence electrons. The van der Waals surface area contributed by atoms with Crippen molar-refractivity contribution in [3.63, 3.8) is 0 Å². The number of likely N-dealkylation sites (N-methyl/N-ethyl adjacent to an activating group) is 1. The van der Waals surface area contributed by atoms with Crippen LogP contribution < -0.4 is 4.90 Å². The lowest BCUT2D eigenvalue weighted by atomic mass is 10.1. The molecule has 0 spiro atoms. The Morgan fingerprint density at radius 2 is 1.92 bits per heavy atom. The standard InChI is InChI=1S/C18H24N6/c1-23(9-14-8-19-22-18(14)13-4-5-13)15-10-24(11-15)17-7-6-16(20-21-17)12-2-3-12/h6-8,12-13,15H,2-5,9-11H2,1H3,(H,19,22). The monoisotopic (exact) mass is 324 g/mol. The molecule has 1 saturated heterocycles. The fourth-order valence-corrected chi connectivity index (χ4v) is 3.59. The Bertz CT molecular complexity index is 709. The number of H-pyrrole nitrogens is 1. The Morgan fingerprint density at radius 3 is 2.58 bits per heavy atom. The molecule has 24 heavy (non-hydrogen) atoms. The highest BCUT2D eigenvalue weighted by atomic mass is 15.4. The van der Waals surface area contributed by atoms with E-state index in [1.807, 2.05) is 6.20 Å².